The van der Waals surface area contributed by atoms with Crippen LogP contribution in [0.4, 0.5) is 0 Å². The first-order valence-corrected chi connectivity index (χ1v) is 9.20. The number of carbonyl (C=O) groups excluding carboxylic acids is 1. The fraction of sp³-hybridized carbons (Fsp3) is 0.409. The third-order valence-electron chi connectivity index (χ3n) is 4.99. The second-order valence-corrected chi connectivity index (χ2v) is 6.89. The van der Waals surface area contributed by atoms with Gasteiger partial charge in [0.05, 0.1) is 27.8 Å². The minimum atomic E-state index is 0.153. The molecule has 0 atom stereocenters. The summed E-state index contributed by atoms with van der Waals surface area (Å²) in [5, 5.41) is 0. The zero-order chi connectivity index (χ0) is 19.4. The molecule has 0 spiro atoms. The molecule has 1 fully saturated rings. The molecule has 144 valence electrons. The molecule has 0 bridgehead atoms. The fourth-order valence-electron chi connectivity index (χ4n) is 3.30. The molecule has 1 aliphatic rings. The van der Waals surface area contributed by atoms with E-state index in [0.29, 0.717) is 36.3 Å². The van der Waals surface area contributed by atoms with Crippen molar-refractivity contribution in [2.45, 2.75) is 38.8 Å². The van der Waals surface area contributed by atoms with Crippen LogP contribution in [0.5, 0.6) is 17.2 Å². The summed E-state index contributed by atoms with van der Waals surface area (Å²) in [4.78, 5) is 15.0. The number of hydrogen-bond acceptors (Lipinski definition) is 4. The van der Waals surface area contributed by atoms with Gasteiger partial charge < -0.3 is 19.1 Å². The van der Waals surface area contributed by atoms with Crippen LogP contribution in [-0.2, 0) is 17.8 Å². The van der Waals surface area contributed by atoms with Gasteiger partial charge in [-0.2, -0.15) is 0 Å². The van der Waals surface area contributed by atoms with Gasteiger partial charge in [-0.3, -0.25) is 4.79 Å². The second-order valence-electron chi connectivity index (χ2n) is 6.89. The van der Waals surface area contributed by atoms with Crippen molar-refractivity contribution in [3.05, 3.63) is 53.1 Å². The van der Waals surface area contributed by atoms with E-state index in [2.05, 4.69) is 0 Å². The van der Waals surface area contributed by atoms with Crippen LogP contribution in [0.2, 0.25) is 0 Å². The molecule has 0 radical (unpaired) electrons. The molecule has 1 amide bonds. The third-order valence-corrected chi connectivity index (χ3v) is 4.99. The van der Waals surface area contributed by atoms with Crippen LogP contribution in [0.1, 0.15) is 29.5 Å². The molecule has 27 heavy (non-hydrogen) atoms. The Hall–Kier alpha value is -2.69. The lowest BCUT2D eigenvalue weighted by molar-refractivity contribution is -0.131. The van der Waals surface area contributed by atoms with Crippen LogP contribution in [0.3, 0.4) is 0 Å². The van der Waals surface area contributed by atoms with Crippen molar-refractivity contribution in [3.8, 4) is 17.2 Å². The lowest BCUT2D eigenvalue weighted by atomic mass is 10.0. The number of hydrogen-bond donors (Lipinski definition) is 0. The molecular weight excluding hydrogens is 342 g/mol. The van der Waals surface area contributed by atoms with Gasteiger partial charge in [-0.05, 0) is 48.6 Å². The maximum Gasteiger partial charge on any atom is 0.227 e. The smallest absolute Gasteiger partial charge is 0.227 e. The summed E-state index contributed by atoms with van der Waals surface area (Å²) in [5.41, 5.74) is 3.20. The normalized spacial score (nSPS) is 13.2. The van der Waals surface area contributed by atoms with Crippen LogP contribution in [-0.4, -0.2) is 38.2 Å². The number of amides is 1. The molecule has 0 aliphatic heterocycles. The topological polar surface area (TPSA) is 48.0 Å². The Balaban J connectivity index is 1.82. The number of carbonyl (C=O) groups is 1. The van der Waals surface area contributed by atoms with Crippen molar-refractivity contribution in [2.75, 3.05) is 21.3 Å². The SMILES string of the molecule is COc1cc(CN(C(=O)Cc2ccccc2C)C2CC2)cc(OC)c1OC. The van der Waals surface area contributed by atoms with Gasteiger partial charge in [0, 0.05) is 12.6 Å². The highest BCUT2D eigenvalue weighted by Crippen LogP contribution is 2.39. The van der Waals surface area contributed by atoms with Gasteiger partial charge in [0.15, 0.2) is 11.5 Å². The van der Waals surface area contributed by atoms with Crippen molar-refractivity contribution >= 4 is 5.91 Å². The van der Waals surface area contributed by atoms with E-state index in [-0.39, 0.29) is 5.91 Å². The van der Waals surface area contributed by atoms with E-state index in [4.69, 9.17) is 14.2 Å². The Morgan fingerprint density at radius 3 is 2.19 bits per heavy atom. The first-order valence-electron chi connectivity index (χ1n) is 9.20. The number of nitrogens with zero attached hydrogens (tertiary/aromatic N) is 1. The van der Waals surface area contributed by atoms with Crippen LogP contribution < -0.4 is 14.2 Å². The first-order chi connectivity index (χ1) is 13.1. The van der Waals surface area contributed by atoms with Gasteiger partial charge in [-0.1, -0.05) is 24.3 Å². The zero-order valence-corrected chi connectivity index (χ0v) is 16.5. The fourth-order valence-corrected chi connectivity index (χ4v) is 3.30. The zero-order valence-electron chi connectivity index (χ0n) is 16.5. The molecule has 0 saturated heterocycles. The summed E-state index contributed by atoms with van der Waals surface area (Å²) in [7, 11) is 4.79. The van der Waals surface area contributed by atoms with E-state index >= 15 is 0 Å². The number of aryl methyl sites for hydroxylation is 1. The summed E-state index contributed by atoms with van der Waals surface area (Å²) in [6.45, 7) is 2.58. The van der Waals surface area contributed by atoms with Crippen molar-refractivity contribution < 1.29 is 19.0 Å². The lowest BCUT2D eigenvalue weighted by Crippen LogP contribution is -2.34. The van der Waals surface area contributed by atoms with Crippen molar-refractivity contribution in [1.29, 1.82) is 0 Å². The Morgan fingerprint density at radius 2 is 1.67 bits per heavy atom. The average Bonchev–Trinajstić information content (AvgIpc) is 3.51. The summed E-state index contributed by atoms with van der Waals surface area (Å²) in [6.07, 6.45) is 2.54. The van der Waals surface area contributed by atoms with Gasteiger partial charge in [0.1, 0.15) is 0 Å². The number of benzene rings is 2. The van der Waals surface area contributed by atoms with Crippen LogP contribution in [0.15, 0.2) is 36.4 Å². The summed E-state index contributed by atoms with van der Waals surface area (Å²) < 4.78 is 16.3. The maximum absolute atomic E-state index is 13.0. The van der Waals surface area contributed by atoms with Gasteiger partial charge in [-0.25, -0.2) is 0 Å². The van der Waals surface area contributed by atoms with Gasteiger partial charge in [-0.15, -0.1) is 0 Å². The number of methoxy groups -OCH3 is 3. The highest BCUT2D eigenvalue weighted by molar-refractivity contribution is 5.80. The molecule has 1 saturated carbocycles. The van der Waals surface area contributed by atoms with Gasteiger partial charge in [0.2, 0.25) is 11.7 Å². The van der Waals surface area contributed by atoms with E-state index in [1.165, 1.54) is 0 Å². The number of ether oxygens (including phenoxy) is 3. The minimum Gasteiger partial charge on any atom is -0.493 e. The summed E-state index contributed by atoms with van der Waals surface area (Å²) >= 11 is 0. The van der Waals surface area contributed by atoms with Gasteiger partial charge in [0.25, 0.3) is 0 Å². The molecular formula is C22H27NO4. The molecule has 5 nitrogen and oxygen atoms in total. The van der Waals surface area contributed by atoms with E-state index in [1.807, 2.05) is 48.2 Å². The second kappa shape index (κ2) is 8.33. The van der Waals surface area contributed by atoms with E-state index in [9.17, 15) is 4.79 Å². The largest absolute Gasteiger partial charge is 0.493 e. The summed E-state index contributed by atoms with van der Waals surface area (Å²) in [5.74, 6) is 1.93. The minimum absolute atomic E-state index is 0.153. The Kier molecular flexibility index (Phi) is 5.89. The third kappa shape index (κ3) is 4.35. The average molecular weight is 369 g/mol. The first kappa shape index (κ1) is 19.1. The Morgan fingerprint density at radius 1 is 1.04 bits per heavy atom. The maximum atomic E-state index is 13.0. The molecule has 5 heteroatoms. The predicted octanol–water partition coefficient (Wildman–Crippen LogP) is 3.75. The highest BCUT2D eigenvalue weighted by Gasteiger charge is 2.33. The van der Waals surface area contributed by atoms with Crippen LogP contribution in [0.25, 0.3) is 0 Å². The molecule has 3 rings (SSSR count). The van der Waals surface area contributed by atoms with Crippen LogP contribution >= 0.6 is 0 Å². The van der Waals surface area contributed by atoms with Crippen molar-refractivity contribution in [1.82, 2.24) is 4.90 Å². The van der Waals surface area contributed by atoms with Gasteiger partial charge >= 0.3 is 0 Å². The van der Waals surface area contributed by atoms with E-state index in [0.717, 1.165) is 29.5 Å². The summed E-state index contributed by atoms with van der Waals surface area (Å²) in [6, 6.07) is 12.2. The quantitative estimate of drug-likeness (QED) is 0.711. The highest BCUT2D eigenvalue weighted by atomic mass is 16.5. The molecule has 0 heterocycles. The van der Waals surface area contributed by atoms with Crippen molar-refractivity contribution in [3.63, 3.8) is 0 Å². The lowest BCUT2D eigenvalue weighted by Gasteiger charge is -2.24. The van der Waals surface area contributed by atoms with Crippen LogP contribution in [0, 0.1) is 6.92 Å². The molecule has 2 aromatic rings. The Bertz CT molecular complexity index is 789. The Labute approximate surface area is 160 Å². The molecule has 0 unspecified atom stereocenters. The predicted molar refractivity (Wildman–Crippen MR) is 105 cm³/mol. The van der Waals surface area contributed by atoms with E-state index in [1.54, 1.807) is 21.3 Å². The standard InChI is InChI=1S/C22H27NO4/c1-15-7-5-6-8-17(15)13-21(24)23(18-9-10-18)14-16-11-19(25-2)22(27-4)20(12-16)26-3/h5-8,11-12,18H,9-10,13-14H2,1-4H3. The van der Waals surface area contributed by atoms with Crippen molar-refractivity contribution in [2.24, 2.45) is 0 Å². The molecule has 0 aromatic heterocycles. The number of rotatable bonds is 8. The molecule has 2 aromatic carbocycles. The van der Waals surface area contributed by atoms with E-state index < -0.39 is 0 Å². The monoisotopic (exact) mass is 369 g/mol. The molecule has 1 aliphatic carbocycles. The molecule has 0 N–H and O–H groups in total.